The molecule has 4 aromatic rings. The van der Waals surface area contributed by atoms with Gasteiger partial charge in [0.25, 0.3) is 0 Å². The molecule has 4 heterocycles. The lowest BCUT2D eigenvalue weighted by molar-refractivity contribution is 0.214. The molecular formula is C34H51F2N9OS. The molecule has 1 unspecified atom stereocenters. The topological polar surface area (TPSA) is 116 Å². The number of aryl methyl sites for hydroxylation is 1. The highest BCUT2D eigenvalue weighted by atomic mass is 32.2. The van der Waals surface area contributed by atoms with Crippen molar-refractivity contribution in [3.63, 3.8) is 0 Å². The number of halogens is 2. The van der Waals surface area contributed by atoms with Gasteiger partial charge < -0.3 is 14.8 Å². The number of rotatable bonds is 9. The zero-order valence-corrected chi connectivity index (χ0v) is 30.4. The fourth-order valence-corrected chi connectivity index (χ4v) is 6.13. The molecule has 258 valence electrons. The molecule has 0 saturated carbocycles. The highest BCUT2D eigenvalue weighted by molar-refractivity contribution is 7.91. The number of hydrogen-bond donors (Lipinski definition) is 2. The fourth-order valence-electron chi connectivity index (χ4n) is 5.47. The Morgan fingerprint density at radius 3 is 2.40 bits per heavy atom. The van der Waals surface area contributed by atoms with E-state index in [2.05, 4.69) is 30.1 Å². The van der Waals surface area contributed by atoms with E-state index >= 15 is 4.39 Å². The minimum atomic E-state index is -2.48. The first kappa shape index (κ1) is 37.9. The Labute approximate surface area is 279 Å². The summed E-state index contributed by atoms with van der Waals surface area (Å²) in [4.78, 5) is 22.2. The molecule has 1 aliphatic heterocycles. The van der Waals surface area contributed by atoms with Crippen LogP contribution < -0.4 is 5.32 Å². The number of benzene rings is 1. The maximum atomic E-state index is 15.2. The van der Waals surface area contributed by atoms with Gasteiger partial charge in [-0.15, -0.1) is 0 Å². The summed E-state index contributed by atoms with van der Waals surface area (Å²) in [6.07, 6.45) is 3.33. The van der Waals surface area contributed by atoms with Crippen LogP contribution in [0.4, 0.5) is 20.5 Å². The third-order valence-electron chi connectivity index (χ3n) is 7.60. The molecule has 0 amide bonds. The zero-order chi connectivity index (χ0) is 35.1. The Morgan fingerprint density at radius 1 is 1.04 bits per heavy atom. The van der Waals surface area contributed by atoms with E-state index in [9.17, 15) is 8.60 Å². The summed E-state index contributed by atoms with van der Waals surface area (Å²) in [5, 5.41) is 3.09. The standard InChI is InChI=1S/C30H39F2N9OS.2C2H6/c1-19-35-28-22(31)15-21(16-25(28)41(19)30(2,3)4)27-23(32)17-34-29(38-27)37-26-8-7-20-18-40(10-9-24(20)36-26)12-11-39(5)13-14-43(6,33)42;2*1-2/h7-8,15-17,33H,9-14,18H2,1-6H3,(H,34,36,37,38);2*1-2H3. The molecular weight excluding hydrogens is 620 g/mol. The van der Waals surface area contributed by atoms with Gasteiger partial charge in [-0.1, -0.05) is 33.8 Å². The second kappa shape index (κ2) is 16.0. The first-order chi connectivity index (χ1) is 22.2. The number of anilines is 2. The molecule has 47 heavy (non-hydrogen) atoms. The van der Waals surface area contributed by atoms with Gasteiger partial charge in [-0.2, -0.15) is 0 Å². The first-order valence-corrected chi connectivity index (χ1v) is 18.4. The molecule has 0 spiro atoms. The van der Waals surface area contributed by atoms with Gasteiger partial charge in [0, 0.05) is 77.7 Å². The number of pyridine rings is 1. The number of likely N-dealkylation sites (N-methyl/N-ethyl adjacent to an activating group) is 1. The molecule has 0 aliphatic carbocycles. The minimum Gasteiger partial charge on any atom is -0.323 e. The van der Waals surface area contributed by atoms with Gasteiger partial charge in [-0.05, 0) is 58.5 Å². The lowest BCUT2D eigenvalue weighted by atomic mass is 10.1. The van der Waals surface area contributed by atoms with Crippen LogP contribution in [0.15, 0.2) is 30.5 Å². The van der Waals surface area contributed by atoms with Gasteiger partial charge in [0.05, 0.1) is 11.7 Å². The van der Waals surface area contributed by atoms with Crippen LogP contribution in [0.1, 0.15) is 65.5 Å². The van der Waals surface area contributed by atoms with E-state index in [1.807, 2.05) is 79.1 Å². The van der Waals surface area contributed by atoms with Crippen LogP contribution in [0, 0.1) is 23.3 Å². The quantitative estimate of drug-likeness (QED) is 0.196. The summed E-state index contributed by atoms with van der Waals surface area (Å²) in [5.41, 5.74) is 2.86. The smallest absolute Gasteiger partial charge is 0.229 e. The third-order valence-corrected chi connectivity index (χ3v) is 8.56. The Balaban J connectivity index is 0.00000144. The fraction of sp³-hybridized carbons (Fsp3) is 0.529. The highest BCUT2D eigenvalue weighted by Gasteiger charge is 2.23. The van der Waals surface area contributed by atoms with Crippen LogP contribution in [0.3, 0.4) is 0 Å². The van der Waals surface area contributed by atoms with Crippen LogP contribution in [0.5, 0.6) is 0 Å². The van der Waals surface area contributed by atoms with Crippen molar-refractivity contribution in [2.75, 3.05) is 50.6 Å². The second-order valence-electron chi connectivity index (χ2n) is 12.3. The van der Waals surface area contributed by atoms with Crippen molar-refractivity contribution < 1.29 is 13.0 Å². The summed E-state index contributed by atoms with van der Waals surface area (Å²) in [5.74, 6) is 0.560. The van der Waals surface area contributed by atoms with Gasteiger partial charge >= 0.3 is 0 Å². The van der Waals surface area contributed by atoms with Crippen molar-refractivity contribution in [1.29, 1.82) is 4.78 Å². The number of hydrogen-bond acceptors (Lipinski definition) is 9. The van der Waals surface area contributed by atoms with E-state index in [1.165, 1.54) is 12.3 Å². The van der Waals surface area contributed by atoms with E-state index in [-0.39, 0.29) is 22.7 Å². The Bertz CT molecular complexity index is 1770. The lowest BCUT2D eigenvalue weighted by Crippen LogP contribution is -2.38. The zero-order valence-electron chi connectivity index (χ0n) is 29.5. The molecule has 10 nitrogen and oxygen atoms in total. The third kappa shape index (κ3) is 9.74. The van der Waals surface area contributed by atoms with E-state index in [0.717, 1.165) is 50.1 Å². The van der Waals surface area contributed by atoms with Gasteiger partial charge in [-0.25, -0.2) is 28.7 Å². The summed E-state index contributed by atoms with van der Waals surface area (Å²) in [6.45, 7) is 19.8. The SMILES string of the molecule is CC.CC.Cc1nc2c(F)cc(-c3nc(Nc4ccc5c(n4)CCN(CCN(C)CCS(C)(=N)=O)C5)ncc3F)cc2n1C(C)(C)C. The molecule has 0 fully saturated rings. The Hall–Kier alpha value is -3.55. The monoisotopic (exact) mass is 671 g/mol. The van der Waals surface area contributed by atoms with E-state index < -0.39 is 21.4 Å². The molecule has 3 aromatic heterocycles. The molecule has 13 heteroatoms. The molecule has 0 radical (unpaired) electrons. The van der Waals surface area contributed by atoms with Crippen molar-refractivity contribution in [2.24, 2.45) is 0 Å². The van der Waals surface area contributed by atoms with Gasteiger partial charge in [0.2, 0.25) is 5.95 Å². The molecule has 1 atom stereocenters. The summed E-state index contributed by atoms with van der Waals surface area (Å²) >= 11 is 0. The average Bonchev–Trinajstić information content (AvgIpc) is 3.38. The van der Waals surface area contributed by atoms with Crippen molar-refractivity contribution in [1.82, 2.24) is 34.3 Å². The summed E-state index contributed by atoms with van der Waals surface area (Å²) in [6, 6.07) is 6.85. The van der Waals surface area contributed by atoms with Gasteiger partial charge in [0.15, 0.2) is 11.6 Å². The second-order valence-corrected chi connectivity index (χ2v) is 14.8. The summed E-state index contributed by atoms with van der Waals surface area (Å²) < 4.78 is 51.3. The maximum absolute atomic E-state index is 15.2. The van der Waals surface area contributed by atoms with Crippen molar-refractivity contribution in [3.05, 3.63) is 59.2 Å². The van der Waals surface area contributed by atoms with Gasteiger partial charge in [-0.3, -0.25) is 13.9 Å². The average molecular weight is 672 g/mol. The number of imidazole rings is 1. The molecule has 0 bridgehead atoms. The van der Waals surface area contributed by atoms with Crippen LogP contribution in [0.2, 0.25) is 0 Å². The molecule has 1 aliphatic rings. The van der Waals surface area contributed by atoms with E-state index in [0.29, 0.717) is 35.0 Å². The number of aromatic nitrogens is 5. The molecule has 2 N–H and O–H groups in total. The predicted octanol–water partition coefficient (Wildman–Crippen LogP) is 6.99. The Morgan fingerprint density at radius 2 is 1.74 bits per heavy atom. The Kier molecular flexibility index (Phi) is 12.9. The van der Waals surface area contributed by atoms with Crippen LogP contribution in [-0.2, 0) is 28.2 Å². The predicted molar refractivity (Wildman–Crippen MR) is 189 cm³/mol. The number of nitrogens with one attached hydrogen (secondary N) is 2. The van der Waals surface area contributed by atoms with E-state index in [4.69, 9.17) is 9.76 Å². The molecule has 5 rings (SSSR count). The van der Waals surface area contributed by atoms with E-state index in [1.54, 1.807) is 6.07 Å². The van der Waals surface area contributed by atoms with Gasteiger partial charge in [0.1, 0.15) is 22.9 Å². The minimum absolute atomic E-state index is 0.0137. The lowest BCUT2D eigenvalue weighted by Gasteiger charge is -2.30. The van der Waals surface area contributed by atoms with Crippen LogP contribution in [0.25, 0.3) is 22.3 Å². The number of nitrogens with zero attached hydrogens (tertiary/aromatic N) is 7. The maximum Gasteiger partial charge on any atom is 0.229 e. The number of fused-ring (bicyclic) bond motifs is 2. The molecule has 0 saturated heterocycles. The van der Waals surface area contributed by atoms with Crippen molar-refractivity contribution in [3.8, 4) is 11.3 Å². The first-order valence-electron chi connectivity index (χ1n) is 16.3. The van der Waals surface area contributed by atoms with Crippen molar-refractivity contribution >= 4 is 32.5 Å². The largest absolute Gasteiger partial charge is 0.323 e. The normalized spacial score (nSPS) is 14.5. The van der Waals surface area contributed by atoms with Crippen LogP contribution in [-0.4, -0.2) is 83.7 Å². The summed E-state index contributed by atoms with van der Waals surface area (Å²) in [7, 11) is -0.490. The van der Waals surface area contributed by atoms with Crippen molar-refractivity contribution in [2.45, 2.75) is 73.9 Å². The highest BCUT2D eigenvalue weighted by Crippen LogP contribution is 2.32. The van der Waals surface area contributed by atoms with Crippen LogP contribution >= 0.6 is 0 Å². The molecule has 1 aromatic carbocycles.